The second-order valence-corrected chi connectivity index (χ2v) is 3.75. The Morgan fingerprint density at radius 1 is 1.50 bits per heavy atom. The summed E-state index contributed by atoms with van der Waals surface area (Å²) in [6, 6.07) is 0. The zero-order valence-corrected chi connectivity index (χ0v) is 7.05. The fourth-order valence-corrected chi connectivity index (χ4v) is 2.06. The van der Waals surface area contributed by atoms with Crippen molar-refractivity contribution in [1.29, 1.82) is 0 Å². The first-order valence-electron chi connectivity index (χ1n) is 4.15. The molecule has 2 unspecified atom stereocenters. The first-order valence-corrected chi connectivity index (χ1v) is 4.15. The Hall–Kier alpha value is -0.330. The lowest BCUT2D eigenvalue weighted by Gasteiger charge is -2.17. The molecule has 58 valence electrons. The highest BCUT2D eigenvalue weighted by Crippen LogP contribution is 2.33. The second kappa shape index (κ2) is 2.73. The molecule has 0 saturated heterocycles. The molecule has 0 amide bonds. The highest BCUT2D eigenvalue weighted by molar-refractivity contribution is 5.83. The highest BCUT2D eigenvalue weighted by atomic mass is 16.1. The molecule has 0 aromatic carbocycles. The van der Waals surface area contributed by atoms with E-state index in [0.29, 0.717) is 23.5 Å². The van der Waals surface area contributed by atoms with E-state index in [2.05, 4.69) is 20.8 Å². The molecule has 1 saturated carbocycles. The SMILES string of the molecule is CC(C)C1C(=O)CCC1C. The number of rotatable bonds is 1. The van der Waals surface area contributed by atoms with Gasteiger partial charge in [0.25, 0.3) is 0 Å². The van der Waals surface area contributed by atoms with Crippen LogP contribution in [0.25, 0.3) is 0 Å². The third-order valence-electron chi connectivity index (χ3n) is 2.55. The van der Waals surface area contributed by atoms with Crippen LogP contribution in [0.1, 0.15) is 33.6 Å². The standard InChI is InChI=1S/C9H16O/c1-6(2)9-7(3)4-5-8(9)10/h6-7,9H,4-5H2,1-3H3. The lowest BCUT2D eigenvalue weighted by atomic mass is 9.87. The second-order valence-electron chi connectivity index (χ2n) is 3.75. The molecular formula is C9H16O. The number of hydrogen-bond acceptors (Lipinski definition) is 1. The molecule has 1 aliphatic rings. The Labute approximate surface area is 62.8 Å². The summed E-state index contributed by atoms with van der Waals surface area (Å²) in [6.45, 7) is 6.48. The van der Waals surface area contributed by atoms with Crippen LogP contribution in [0.5, 0.6) is 0 Å². The van der Waals surface area contributed by atoms with Crippen molar-refractivity contribution in [3.05, 3.63) is 0 Å². The van der Waals surface area contributed by atoms with Crippen molar-refractivity contribution in [2.24, 2.45) is 17.8 Å². The minimum absolute atomic E-state index is 0.361. The molecule has 0 aromatic heterocycles. The third kappa shape index (κ3) is 1.23. The molecular weight excluding hydrogens is 124 g/mol. The first kappa shape index (κ1) is 7.77. The maximum atomic E-state index is 11.2. The Kier molecular flexibility index (Phi) is 2.12. The highest BCUT2D eigenvalue weighted by Gasteiger charge is 2.33. The molecule has 0 heterocycles. The molecule has 10 heavy (non-hydrogen) atoms. The number of Topliss-reactive ketones (excluding diaryl/α,β-unsaturated/α-hetero) is 1. The average molecular weight is 140 g/mol. The van der Waals surface area contributed by atoms with E-state index in [1.807, 2.05) is 0 Å². The van der Waals surface area contributed by atoms with Gasteiger partial charge in [0.2, 0.25) is 0 Å². The quantitative estimate of drug-likeness (QED) is 0.546. The van der Waals surface area contributed by atoms with Gasteiger partial charge in [-0.3, -0.25) is 4.79 Å². The van der Waals surface area contributed by atoms with E-state index >= 15 is 0 Å². The van der Waals surface area contributed by atoms with E-state index in [0.717, 1.165) is 12.8 Å². The number of hydrogen-bond donors (Lipinski definition) is 0. The van der Waals surface area contributed by atoms with E-state index in [1.54, 1.807) is 0 Å². The lowest BCUT2D eigenvalue weighted by Crippen LogP contribution is -2.18. The van der Waals surface area contributed by atoms with Gasteiger partial charge in [0.1, 0.15) is 5.78 Å². The molecule has 0 bridgehead atoms. The molecule has 2 atom stereocenters. The van der Waals surface area contributed by atoms with Crippen molar-refractivity contribution in [2.75, 3.05) is 0 Å². The molecule has 1 fully saturated rings. The lowest BCUT2D eigenvalue weighted by molar-refractivity contribution is -0.122. The van der Waals surface area contributed by atoms with Crippen molar-refractivity contribution >= 4 is 5.78 Å². The van der Waals surface area contributed by atoms with Crippen molar-refractivity contribution in [1.82, 2.24) is 0 Å². The number of ketones is 1. The molecule has 0 spiro atoms. The summed E-state index contributed by atoms with van der Waals surface area (Å²) in [5.74, 6) is 2.03. The van der Waals surface area contributed by atoms with E-state index in [4.69, 9.17) is 0 Å². The van der Waals surface area contributed by atoms with Gasteiger partial charge in [0.05, 0.1) is 0 Å². The summed E-state index contributed by atoms with van der Waals surface area (Å²) < 4.78 is 0. The summed E-state index contributed by atoms with van der Waals surface area (Å²) in [5.41, 5.74) is 0. The summed E-state index contributed by atoms with van der Waals surface area (Å²) in [4.78, 5) is 11.2. The smallest absolute Gasteiger partial charge is 0.136 e. The van der Waals surface area contributed by atoms with Crippen LogP contribution < -0.4 is 0 Å². The number of carbonyl (C=O) groups excluding carboxylic acids is 1. The van der Waals surface area contributed by atoms with Gasteiger partial charge >= 0.3 is 0 Å². The van der Waals surface area contributed by atoms with Crippen LogP contribution in [0, 0.1) is 17.8 Å². The normalized spacial score (nSPS) is 33.8. The van der Waals surface area contributed by atoms with Crippen molar-refractivity contribution in [2.45, 2.75) is 33.6 Å². The van der Waals surface area contributed by atoms with E-state index in [9.17, 15) is 4.79 Å². The van der Waals surface area contributed by atoms with E-state index in [1.165, 1.54) is 0 Å². The third-order valence-corrected chi connectivity index (χ3v) is 2.55. The Morgan fingerprint density at radius 3 is 2.30 bits per heavy atom. The van der Waals surface area contributed by atoms with Gasteiger partial charge < -0.3 is 0 Å². The Balaban J connectivity index is 2.63. The largest absolute Gasteiger partial charge is 0.299 e. The van der Waals surface area contributed by atoms with Gasteiger partial charge in [-0.2, -0.15) is 0 Å². The van der Waals surface area contributed by atoms with Crippen LogP contribution in [-0.4, -0.2) is 5.78 Å². The van der Waals surface area contributed by atoms with E-state index in [-0.39, 0.29) is 0 Å². The van der Waals surface area contributed by atoms with Crippen LogP contribution in [0.3, 0.4) is 0 Å². The van der Waals surface area contributed by atoms with Crippen LogP contribution in [0.15, 0.2) is 0 Å². The van der Waals surface area contributed by atoms with Crippen molar-refractivity contribution in [3.8, 4) is 0 Å². The summed E-state index contributed by atoms with van der Waals surface area (Å²) in [5, 5.41) is 0. The van der Waals surface area contributed by atoms with Gasteiger partial charge in [0, 0.05) is 12.3 Å². The minimum atomic E-state index is 0.361. The molecule has 1 nitrogen and oxygen atoms in total. The fourth-order valence-electron chi connectivity index (χ4n) is 2.06. The fraction of sp³-hybridized carbons (Fsp3) is 0.889. The van der Waals surface area contributed by atoms with Gasteiger partial charge in [-0.1, -0.05) is 20.8 Å². The van der Waals surface area contributed by atoms with Crippen LogP contribution >= 0.6 is 0 Å². The molecule has 0 radical (unpaired) electrons. The molecule has 1 aliphatic carbocycles. The predicted molar refractivity (Wildman–Crippen MR) is 41.7 cm³/mol. The van der Waals surface area contributed by atoms with Gasteiger partial charge in [-0.15, -0.1) is 0 Å². The van der Waals surface area contributed by atoms with Gasteiger partial charge in [-0.25, -0.2) is 0 Å². The maximum Gasteiger partial charge on any atom is 0.136 e. The van der Waals surface area contributed by atoms with Crippen LogP contribution in [0.2, 0.25) is 0 Å². The summed E-state index contributed by atoms with van der Waals surface area (Å²) in [7, 11) is 0. The van der Waals surface area contributed by atoms with Gasteiger partial charge in [-0.05, 0) is 18.3 Å². The predicted octanol–water partition coefficient (Wildman–Crippen LogP) is 2.26. The summed E-state index contributed by atoms with van der Waals surface area (Å²) >= 11 is 0. The number of carbonyl (C=O) groups is 1. The van der Waals surface area contributed by atoms with Crippen LogP contribution in [-0.2, 0) is 4.79 Å². The van der Waals surface area contributed by atoms with Crippen LogP contribution in [0.4, 0.5) is 0 Å². The van der Waals surface area contributed by atoms with Crippen molar-refractivity contribution < 1.29 is 4.79 Å². The topological polar surface area (TPSA) is 17.1 Å². The zero-order valence-electron chi connectivity index (χ0n) is 7.05. The average Bonchev–Trinajstić information content (AvgIpc) is 2.11. The van der Waals surface area contributed by atoms with Crippen molar-refractivity contribution in [3.63, 3.8) is 0 Å². The van der Waals surface area contributed by atoms with E-state index < -0.39 is 0 Å². The summed E-state index contributed by atoms with van der Waals surface area (Å²) in [6.07, 6.45) is 1.94. The molecule has 1 heteroatoms. The molecule has 0 N–H and O–H groups in total. The minimum Gasteiger partial charge on any atom is -0.299 e. The Morgan fingerprint density at radius 2 is 2.10 bits per heavy atom. The monoisotopic (exact) mass is 140 g/mol. The molecule has 1 rings (SSSR count). The first-order chi connectivity index (χ1) is 4.63. The zero-order chi connectivity index (χ0) is 7.72. The Bertz CT molecular complexity index is 138. The molecule has 0 aliphatic heterocycles. The van der Waals surface area contributed by atoms with Gasteiger partial charge in [0.15, 0.2) is 0 Å². The maximum absolute atomic E-state index is 11.2. The molecule has 0 aromatic rings.